The fourth-order valence-corrected chi connectivity index (χ4v) is 3.52. The minimum atomic E-state index is -0.172. The molecule has 170 valence electrons. The van der Waals surface area contributed by atoms with Gasteiger partial charge in [-0.25, -0.2) is 9.97 Å². The molecule has 0 spiro atoms. The average Bonchev–Trinajstić information content (AvgIpc) is 2.80. The first-order valence-electron chi connectivity index (χ1n) is 12.2. The Morgan fingerprint density at radius 1 is 0.903 bits per heavy atom. The largest absolute Gasteiger partial charge is 0.427 e. The van der Waals surface area contributed by atoms with Crippen LogP contribution in [0.4, 0.5) is 0 Å². The fourth-order valence-electron chi connectivity index (χ4n) is 3.52. The molecule has 0 amide bonds. The van der Waals surface area contributed by atoms with Crippen LogP contribution < -0.4 is 4.74 Å². The summed E-state index contributed by atoms with van der Waals surface area (Å²) in [6, 6.07) is 7.44. The molecule has 0 aliphatic carbocycles. The molecule has 0 N–H and O–H groups in total. The van der Waals surface area contributed by atoms with Crippen LogP contribution in [0.15, 0.2) is 36.7 Å². The van der Waals surface area contributed by atoms with Crippen LogP contribution in [0.5, 0.6) is 5.75 Å². The van der Waals surface area contributed by atoms with Crippen molar-refractivity contribution in [2.24, 2.45) is 5.92 Å². The first-order chi connectivity index (χ1) is 15.1. The van der Waals surface area contributed by atoms with E-state index < -0.39 is 0 Å². The van der Waals surface area contributed by atoms with Crippen molar-refractivity contribution in [3.05, 3.63) is 42.2 Å². The van der Waals surface area contributed by atoms with Crippen LogP contribution in [0.25, 0.3) is 11.4 Å². The number of benzene rings is 1. The zero-order valence-electron chi connectivity index (χ0n) is 19.7. The summed E-state index contributed by atoms with van der Waals surface area (Å²) in [7, 11) is 0. The van der Waals surface area contributed by atoms with Gasteiger partial charge < -0.3 is 4.74 Å². The van der Waals surface area contributed by atoms with Crippen LogP contribution in [0.2, 0.25) is 0 Å². The molecule has 0 aliphatic rings. The summed E-state index contributed by atoms with van der Waals surface area (Å²) in [5.74, 6) is 1.65. The molecule has 1 aromatic heterocycles. The number of aromatic nitrogens is 2. The number of unbranched alkanes of at least 4 members (excludes halogenated alkanes) is 7. The summed E-state index contributed by atoms with van der Waals surface area (Å²) in [4.78, 5) is 21.0. The number of hydrogen-bond donors (Lipinski definition) is 0. The van der Waals surface area contributed by atoms with Crippen molar-refractivity contribution in [3.63, 3.8) is 0 Å². The topological polar surface area (TPSA) is 52.1 Å². The van der Waals surface area contributed by atoms with Crippen LogP contribution in [0, 0.1) is 5.92 Å². The normalized spacial score (nSPS) is 12.0. The standard InChI is InChI=1S/C27H40N2O2/c1-4-6-7-8-9-10-11-12-13-23-20-28-27(29-21-23)24-15-17-25(18-16-24)31-26(30)19-14-22(3)5-2/h15-18,20-22H,4-14,19H2,1-3H3. The van der Waals surface area contributed by atoms with Crippen molar-refractivity contribution in [3.8, 4) is 17.1 Å². The van der Waals surface area contributed by atoms with E-state index in [1.807, 2.05) is 36.7 Å². The molecule has 31 heavy (non-hydrogen) atoms. The van der Waals surface area contributed by atoms with Gasteiger partial charge in [0, 0.05) is 24.4 Å². The molecule has 0 saturated heterocycles. The van der Waals surface area contributed by atoms with E-state index in [2.05, 4.69) is 30.7 Å². The quantitative estimate of drug-likeness (QED) is 0.168. The van der Waals surface area contributed by atoms with Crippen molar-refractivity contribution in [1.29, 1.82) is 0 Å². The smallest absolute Gasteiger partial charge is 0.311 e. The van der Waals surface area contributed by atoms with Crippen molar-refractivity contribution in [2.45, 2.75) is 97.8 Å². The second-order valence-corrected chi connectivity index (χ2v) is 8.69. The van der Waals surface area contributed by atoms with Crippen molar-refractivity contribution in [1.82, 2.24) is 9.97 Å². The Morgan fingerprint density at radius 2 is 1.52 bits per heavy atom. The molecule has 2 aromatic rings. The SMILES string of the molecule is CCCCCCCCCCc1cnc(-c2ccc(OC(=O)CCC(C)CC)cc2)nc1. The molecular formula is C27H40N2O2. The van der Waals surface area contributed by atoms with Crippen LogP contribution in [-0.2, 0) is 11.2 Å². The summed E-state index contributed by atoms with van der Waals surface area (Å²) < 4.78 is 5.43. The van der Waals surface area contributed by atoms with E-state index >= 15 is 0 Å². The first kappa shape index (κ1) is 25.0. The average molecular weight is 425 g/mol. The lowest BCUT2D eigenvalue weighted by molar-refractivity contribution is -0.134. The van der Waals surface area contributed by atoms with E-state index in [9.17, 15) is 4.79 Å². The highest BCUT2D eigenvalue weighted by atomic mass is 16.5. The number of ether oxygens (including phenoxy) is 1. The lowest BCUT2D eigenvalue weighted by Gasteiger charge is -2.08. The van der Waals surface area contributed by atoms with Gasteiger partial charge in [-0.05, 0) is 55.0 Å². The monoisotopic (exact) mass is 424 g/mol. The second-order valence-electron chi connectivity index (χ2n) is 8.69. The maximum atomic E-state index is 12.0. The Labute approximate surface area is 188 Å². The fraction of sp³-hybridized carbons (Fsp3) is 0.593. The van der Waals surface area contributed by atoms with Crippen LogP contribution in [0.1, 0.15) is 97.0 Å². The zero-order chi connectivity index (χ0) is 22.3. The number of hydrogen-bond acceptors (Lipinski definition) is 4. The molecule has 0 bridgehead atoms. The summed E-state index contributed by atoms with van der Waals surface area (Å²) in [5, 5.41) is 0. The maximum Gasteiger partial charge on any atom is 0.311 e. The summed E-state index contributed by atoms with van der Waals surface area (Å²) >= 11 is 0. The van der Waals surface area contributed by atoms with Gasteiger partial charge in [0.15, 0.2) is 5.82 Å². The van der Waals surface area contributed by atoms with Gasteiger partial charge >= 0.3 is 5.97 Å². The molecule has 1 heterocycles. The first-order valence-corrected chi connectivity index (χ1v) is 12.2. The molecule has 4 heteroatoms. The number of esters is 1. The molecule has 0 saturated carbocycles. The highest BCUT2D eigenvalue weighted by Gasteiger charge is 2.09. The predicted octanol–water partition coefficient (Wildman–Crippen LogP) is 7.56. The van der Waals surface area contributed by atoms with Crippen molar-refractivity contribution >= 4 is 5.97 Å². The molecule has 0 aliphatic heterocycles. The number of nitrogens with zero attached hydrogens (tertiary/aromatic N) is 2. The van der Waals surface area contributed by atoms with Gasteiger partial charge in [-0.15, -0.1) is 0 Å². The van der Waals surface area contributed by atoms with Gasteiger partial charge in [-0.3, -0.25) is 4.79 Å². The van der Waals surface area contributed by atoms with Gasteiger partial charge in [-0.2, -0.15) is 0 Å². The third-order valence-electron chi connectivity index (χ3n) is 5.91. The highest BCUT2D eigenvalue weighted by Crippen LogP contribution is 2.20. The Morgan fingerprint density at radius 3 is 2.13 bits per heavy atom. The molecule has 1 aromatic carbocycles. The lowest BCUT2D eigenvalue weighted by atomic mass is 10.0. The van der Waals surface area contributed by atoms with Gasteiger partial charge in [0.25, 0.3) is 0 Å². The third-order valence-corrected chi connectivity index (χ3v) is 5.91. The zero-order valence-corrected chi connectivity index (χ0v) is 19.7. The van der Waals surface area contributed by atoms with Crippen LogP contribution >= 0.6 is 0 Å². The van der Waals surface area contributed by atoms with E-state index in [-0.39, 0.29) is 5.97 Å². The Bertz CT molecular complexity index is 741. The Balaban J connectivity index is 1.72. The van der Waals surface area contributed by atoms with Gasteiger partial charge in [0.05, 0.1) is 0 Å². The molecule has 2 rings (SSSR count). The number of aryl methyl sites for hydroxylation is 1. The van der Waals surface area contributed by atoms with E-state index in [0.717, 1.165) is 24.8 Å². The number of carbonyl (C=O) groups is 1. The maximum absolute atomic E-state index is 12.0. The minimum Gasteiger partial charge on any atom is -0.427 e. The highest BCUT2D eigenvalue weighted by molar-refractivity contribution is 5.72. The molecule has 1 unspecified atom stereocenters. The van der Waals surface area contributed by atoms with Crippen molar-refractivity contribution < 1.29 is 9.53 Å². The molecular weight excluding hydrogens is 384 g/mol. The molecule has 0 radical (unpaired) electrons. The second kappa shape index (κ2) is 14.7. The van der Waals surface area contributed by atoms with E-state index in [0.29, 0.717) is 23.9 Å². The number of carbonyl (C=O) groups excluding carboxylic acids is 1. The Kier molecular flexibility index (Phi) is 11.9. The van der Waals surface area contributed by atoms with Crippen molar-refractivity contribution in [2.75, 3.05) is 0 Å². The van der Waals surface area contributed by atoms with E-state index in [4.69, 9.17) is 4.74 Å². The van der Waals surface area contributed by atoms with Gasteiger partial charge in [-0.1, -0.05) is 72.1 Å². The van der Waals surface area contributed by atoms with Crippen LogP contribution in [-0.4, -0.2) is 15.9 Å². The van der Waals surface area contributed by atoms with Crippen LogP contribution in [0.3, 0.4) is 0 Å². The molecule has 1 atom stereocenters. The number of rotatable bonds is 15. The minimum absolute atomic E-state index is 0.172. The molecule has 4 nitrogen and oxygen atoms in total. The van der Waals surface area contributed by atoms with Gasteiger partial charge in [0.1, 0.15) is 5.75 Å². The summed E-state index contributed by atoms with van der Waals surface area (Å²) in [5.41, 5.74) is 2.12. The lowest BCUT2D eigenvalue weighted by Crippen LogP contribution is -2.09. The summed E-state index contributed by atoms with van der Waals surface area (Å²) in [6.07, 6.45) is 17.9. The summed E-state index contributed by atoms with van der Waals surface area (Å²) in [6.45, 7) is 6.55. The molecule has 0 fully saturated rings. The Hall–Kier alpha value is -2.23. The third kappa shape index (κ3) is 10.1. The predicted molar refractivity (Wildman–Crippen MR) is 128 cm³/mol. The van der Waals surface area contributed by atoms with E-state index in [1.165, 1.54) is 56.9 Å². The van der Waals surface area contributed by atoms with E-state index in [1.54, 1.807) is 0 Å². The van der Waals surface area contributed by atoms with Gasteiger partial charge in [0.2, 0.25) is 0 Å².